The average Bonchev–Trinajstić information content (AvgIpc) is 3.05. The molecule has 4 rings (SSSR count). The maximum Gasteiger partial charge on any atom is 0.330 e. The van der Waals surface area contributed by atoms with Crippen LogP contribution in [-0.4, -0.2) is 61.4 Å². The first-order valence-corrected chi connectivity index (χ1v) is 12.1. The number of aliphatic carboxylic acids is 1. The number of carbonyl (C=O) groups is 5. The first kappa shape index (κ1) is 24.0. The van der Waals surface area contributed by atoms with Crippen LogP contribution in [0.25, 0.3) is 0 Å². The highest BCUT2D eigenvalue weighted by molar-refractivity contribution is 7.98. The van der Waals surface area contributed by atoms with Gasteiger partial charge in [0.25, 0.3) is 0 Å². The summed E-state index contributed by atoms with van der Waals surface area (Å²) in [6.07, 6.45) is 3.07. The van der Waals surface area contributed by atoms with Crippen LogP contribution in [0.2, 0.25) is 0 Å². The molecule has 0 bridgehead atoms. The number of benzene rings is 1. The number of carboxylic acid groups (broad SMARTS) is 1. The van der Waals surface area contributed by atoms with E-state index in [4.69, 9.17) is 0 Å². The van der Waals surface area contributed by atoms with Crippen molar-refractivity contribution in [2.24, 2.45) is 11.8 Å². The van der Waals surface area contributed by atoms with Crippen LogP contribution in [0.4, 0.5) is 0 Å². The fraction of sp³-hybridized carbons (Fsp3) is 0.458. The van der Waals surface area contributed by atoms with Crippen molar-refractivity contribution in [1.29, 1.82) is 0 Å². The third kappa shape index (κ3) is 4.34. The Morgan fingerprint density at radius 1 is 1.09 bits per heavy atom. The Labute approximate surface area is 201 Å². The quantitative estimate of drug-likeness (QED) is 0.249. The third-order valence-corrected chi connectivity index (χ3v) is 7.88. The molecule has 3 aliphatic rings. The van der Waals surface area contributed by atoms with Crippen molar-refractivity contribution in [3.05, 3.63) is 48.0 Å². The minimum atomic E-state index is -1.33. The topological polar surface area (TPSA) is 124 Å². The molecule has 180 valence electrons. The van der Waals surface area contributed by atoms with Gasteiger partial charge in [-0.15, -0.1) is 0 Å². The molecule has 34 heavy (non-hydrogen) atoms. The van der Waals surface area contributed by atoms with Crippen molar-refractivity contribution < 1.29 is 29.1 Å². The maximum atomic E-state index is 13.0. The summed E-state index contributed by atoms with van der Waals surface area (Å²) in [6, 6.07) is 6.59. The summed E-state index contributed by atoms with van der Waals surface area (Å²) in [4.78, 5) is 64.6. The van der Waals surface area contributed by atoms with E-state index >= 15 is 0 Å². The van der Waals surface area contributed by atoms with Crippen molar-refractivity contribution in [3.63, 3.8) is 0 Å². The van der Waals surface area contributed by atoms with E-state index in [1.54, 1.807) is 24.3 Å². The van der Waals surface area contributed by atoms with Crippen molar-refractivity contribution in [1.82, 2.24) is 14.5 Å². The summed E-state index contributed by atoms with van der Waals surface area (Å²) in [6.45, 7) is 5.19. The highest BCUT2D eigenvalue weighted by atomic mass is 32.2. The number of amides is 4. The Morgan fingerprint density at radius 2 is 1.68 bits per heavy atom. The summed E-state index contributed by atoms with van der Waals surface area (Å²) in [5.41, 5.74) is 0.986. The van der Waals surface area contributed by atoms with Crippen LogP contribution >= 0.6 is 11.9 Å². The van der Waals surface area contributed by atoms with Gasteiger partial charge in [-0.25, -0.2) is 9.10 Å². The van der Waals surface area contributed by atoms with Gasteiger partial charge in [-0.05, 0) is 42.8 Å². The molecule has 2 N–H and O–H groups in total. The molecular formula is C24H27N3O6S. The summed E-state index contributed by atoms with van der Waals surface area (Å²) in [5, 5.41) is 11.5. The van der Waals surface area contributed by atoms with E-state index in [2.05, 4.69) is 11.9 Å². The Balaban J connectivity index is 1.56. The minimum absolute atomic E-state index is 0.0383. The number of hydrogen-bond acceptors (Lipinski definition) is 6. The number of nitrogens with one attached hydrogen (secondary N) is 1. The van der Waals surface area contributed by atoms with Crippen LogP contribution in [0.1, 0.15) is 38.2 Å². The number of fused-ring (bicyclic) bond motifs is 1. The predicted molar refractivity (Wildman–Crippen MR) is 124 cm³/mol. The lowest BCUT2D eigenvalue weighted by molar-refractivity contribution is -0.160. The van der Waals surface area contributed by atoms with Gasteiger partial charge in [-0.1, -0.05) is 49.8 Å². The van der Waals surface area contributed by atoms with E-state index in [9.17, 15) is 29.1 Å². The van der Waals surface area contributed by atoms with E-state index in [0.717, 1.165) is 39.6 Å². The van der Waals surface area contributed by atoms with Gasteiger partial charge in [0.1, 0.15) is 11.4 Å². The third-order valence-electron chi connectivity index (χ3n) is 6.60. The number of rotatable bonds is 8. The van der Waals surface area contributed by atoms with Crippen molar-refractivity contribution in [3.8, 4) is 0 Å². The highest BCUT2D eigenvalue weighted by Gasteiger charge is 2.57. The first-order chi connectivity index (χ1) is 16.2. The van der Waals surface area contributed by atoms with E-state index < -0.39 is 35.2 Å². The van der Waals surface area contributed by atoms with Crippen LogP contribution in [-0.2, 0) is 30.4 Å². The fourth-order valence-electron chi connectivity index (χ4n) is 4.92. The molecule has 2 saturated heterocycles. The van der Waals surface area contributed by atoms with Gasteiger partial charge in [0.05, 0.1) is 18.3 Å². The predicted octanol–water partition coefficient (Wildman–Crippen LogP) is 1.73. The lowest BCUT2D eigenvalue weighted by Crippen LogP contribution is -2.73. The summed E-state index contributed by atoms with van der Waals surface area (Å²) < 4.78 is 1.08. The van der Waals surface area contributed by atoms with Crippen molar-refractivity contribution >= 4 is 41.5 Å². The molecule has 4 amide bonds. The summed E-state index contributed by atoms with van der Waals surface area (Å²) in [7, 11) is 0. The molecule has 2 heterocycles. The van der Waals surface area contributed by atoms with Gasteiger partial charge >= 0.3 is 5.97 Å². The lowest BCUT2D eigenvalue weighted by atomic mass is 9.81. The Morgan fingerprint density at radius 3 is 2.21 bits per heavy atom. The highest BCUT2D eigenvalue weighted by Crippen LogP contribution is 2.44. The number of carboxylic acids is 1. The normalized spacial score (nSPS) is 27.1. The first-order valence-electron chi connectivity index (χ1n) is 11.3. The molecule has 1 aromatic carbocycles. The van der Waals surface area contributed by atoms with Gasteiger partial charge in [0.2, 0.25) is 23.6 Å². The molecular weight excluding hydrogens is 458 g/mol. The molecule has 0 spiro atoms. The van der Waals surface area contributed by atoms with Gasteiger partial charge in [0, 0.05) is 0 Å². The monoisotopic (exact) mass is 485 g/mol. The molecule has 5 atom stereocenters. The lowest BCUT2D eigenvalue weighted by Gasteiger charge is -2.49. The van der Waals surface area contributed by atoms with Crippen molar-refractivity contribution in [2.75, 3.05) is 0 Å². The number of likely N-dealkylation sites (tertiary alicyclic amines) is 1. The Hall–Kier alpha value is -3.14. The van der Waals surface area contributed by atoms with Gasteiger partial charge in [-0.2, -0.15) is 0 Å². The Kier molecular flexibility index (Phi) is 6.79. The Bertz CT molecular complexity index is 1010. The van der Waals surface area contributed by atoms with E-state index in [1.165, 1.54) is 6.92 Å². The van der Waals surface area contributed by atoms with Gasteiger partial charge < -0.3 is 15.3 Å². The van der Waals surface area contributed by atoms with Gasteiger partial charge in [-0.3, -0.25) is 19.2 Å². The zero-order valence-electron chi connectivity index (χ0n) is 18.8. The van der Waals surface area contributed by atoms with Crippen LogP contribution in [0.3, 0.4) is 0 Å². The molecule has 1 aliphatic carbocycles. The van der Waals surface area contributed by atoms with Crippen LogP contribution in [0.15, 0.2) is 42.5 Å². The molecule has 5 unspecified atom stereocenters. The van der Waals surface area contributed by atoms with E-state index in [1.807, 2.05) is 6.07 Å². The van der Waals surface area contributed by atoms with Crippen LogP contribution in [0, 0.1) is 11.8 Å². The van der Waals surface area contributed by atoms with Crippen LogP contribution in [0.5, 0.6) is 0 Å². The zero-order valence-corrected chi connectivity index (χ0v) is 19.6. The number of nitrogens with zero attached hydrogens (tertiary/aromatic N) is 2. The second-order valence-electron chi connectivity index (χ2n) is 9.00. The molecule has 10 heteroatoms. The SMILES string of the molecule is C=C(C)C(C(=O)O)N1C(=O)C(NC(=O)Cc2ccccc2)C1SN1C(=O)C2CCCCC2C1=O. The average molecular weight is 486 g/mol. The molecule has 1 saturated carbocycles. The molecule has 0 radical (unpaired) electrons. The molecule has 9 nitrogen and oxygen atoms in total. The second kappa shape index (κ2) is 9.61. The van der Waals surface area contributed by atoms with Gasteiger partial charge in [0.15, 0.2) is 6.04 Å². The minimum Gasteiger partial charge on any atom is -0.479 e. The molecule has 2 aliphatic heterocycles. The van der Waals surface area contributed by atoms with Crippen LogP contribution < -0.4 is 5.32 Å². The number of hydrogen-bond donors (Lipinski definition) is 2. The molecule has 3 fully saturated rings. The van der Waals surface area contributed by atoms with E-state index in [-0.39, 0.29) is 35.6 Å². The second-order valence-corrected chi connectivity index (χ2v) is 10.1. The van der Waals surface area contributed by atoms with E-state index in [0.29, 0.717) is 12.8 Å². The number of carbonyl (C=O) groups excluding carboxylic acids is 4. The molecule has 1 aromatic rings. The number of imide groups is 1. The standard InChI is InChI=1S/C24H27N3O6S/c1-13(2)19(24(32)33)26-22(31)18(25-17(28)12-14-8-4-3-5-9-14)23(26)34-27-20(29)15-10-6-7-11-16(15)21(27)30/h3-5,8-9,15-16,18-19,23H,1,6-7,10-12H2,2H3,(H,25,28)(H,32,33). The zero-order chi connectivity index (χ0) is 24.6. The smallest absolute Gasteiger partial charge is 0.330 e. The fourth-order valence-corrected chi connectivity index (χ4v) is 6.25. The van der Waals surface area contributed by atoms with Crippen molar-refractivity contribution in [2.45, 2.75) is 56.5 Å². The summed E-state index contributed by atoms with van der Waals surface area (Å²) >= 11 is 0.828. The largest absolute Gasteiger partial charge is 0.479 e. The molecule has 0 aromatic heterocycles. The maximum absolute atomic E-state index is 13.0. The summed E-state index contributed by atoms with van der Waals surface area (Å²) in [5.74, 6) is -3.64. The number of β-lactam (4-membered cyclic amide) rings is 1.